The molecule has 5 aromatic rings. The lowest BCUT2D eigenvalue weighted by Gasteiger charge is -2.18. The lowest BCUT2D eigenvalue weighted by molar-refractivity contribution is -0.129. The molecule has 0 spiro atoms. The van der Waals surface area contributed by atoms with Gasteiger partial charge < -0.3 is 9.72 Å². The largest absolute Gasteiger partial charge is 0.494 e. The molecule has 1 unspecified atom stereocenters. The number of carbonyl (C=O) groups excluding carboxylic acids is 1. The minimum Gasteiger partial charge on any atom is -0.494 e. The Morgan fingerprint density at radius 2 is 1.67 bits per heavy atom. The maximum atomic E-state index is 13.1. The first-order chi connectivity index (χ1) is 16.2. The molecule has 0 aliphatic heterocycles. The number of hydroxylamine groups is 1. The Morgan fingerprint density at radius 3 is 2.42 bits per heavy atom. The molecule has 164 valence electrons. The highest BCUT2D eigenvalue weighted by atomic mass is 16.5. The number of para-hydroxylation sites is 1. The Hall–Kier alpha value is -4.09. The van der Waals surface area contributed by atoms with Crippen molar-refractivity contribution in [3.63, 3.8) is 0 Å². The molecule has 0 fully saturated rings. The Labute approximate surface area is 191 Å². The average Bonchev–Trinajstić information content (AvgIpc) is 3.24. The van der Waals surface area contributed by atoms with E-state index in [9.17, 15) is 10.0 Å². The fraction of sp³-hybridized carbons (Fsp3) is 0.107. The van der Waals surface area contributed by atoms with E-state index in [0.717, 1.165) is 49.8 Å². The Morgan fingerprint density at radius 1 is 0.939 bits per heavy atom. The summed E-state index contributed by atoms with van der Waals surface area (Å²) in [5, 5.41) is 12.8. The van der Waals surface area contributed by atoms with Crippen LogP contribution in [0.1, 0.15) is 24.0 Å². The minimum absolute atomic E-state index is 0.494. The molecule has 33 heavy (non-hydrogen) atoms. The molecule has 0 saturated carbocycles. The van der Waals surface area contributed by atoms with Crippen LogP contribution in [0, 0.1) is 0 Å². The van der Waals surface area contributed by atoms with E-state index in [1.54, 1.807) is 0 Å². The number of rotatable bonds is 6. The summed E-state index contributed by atoms with van der Waals surface area (Å²) in [5.41, 5.74) is 6.21. The van der Waals surface area contributed by atoms with Crippen LogP contribution in [-0.2, 0) is 4.79 Å². The number of nitrogens with one attached hydrogen (secondary N) is 2. The molecule has 5 rings (SSSR count). The normalized spacial score (nSPS) is 12.1. The summed E-state index contributed by atoms with van der Waals surface area (Å²) in [6, 6.07) is 29.8. The standard InChI is InChI=1S/C28H24N2O3/c1-2-33-22-15-13-19(14-16-22)25(28(31)30-32)26-23-9-5-6-10-24(23)29-27(26)21-12-11-18-7-3-4-8-20(18)17-21/h3-17,25,29,32H,2H2,1H3,(H,30,31). The minimum atomic E-state index is -0.719. The van der Waals surface area contributed by atoms with Crippen molar-refractivity contribution in [2.24, 2.45) is 0 Å². The summed E-state index contributed by atoms with van der Waals surface area (Å²) in [7, 11) is 0. The number of hydrogen-bond donors (Lipinski definition) is 3. The maximum Gasteiger partial charge on any atom is 0.255 e. The van der Waals surface area contributed by atoms with E-state index in [1.165, 1.54) is 0 Å². The fourth-order valence-corrected chi connectivity index (χ4v) is 4.47. The topological polar surface area (TPSA) is 74.3 Å². The van der Waals surface area contributed by atoms with Crippen LogP contribution in [0.15, 0.2) is 91.0 Å². The molecule has 0 radical (unpaired) electrons. The third-order valence-corrected chi connectivity index (χ3v) is 5.97. The van der Waals surface area contributed by atoms with E-state index in [-0.39, 0.29) is 0 Å². The van der Waals surface area contributed by atoms with Gasteiger partial charge in [0.1, 0.15) is 5.75 Å². The van der Waals surface area contributed by atoms with Crippen LogP contribution in [0.4, 0.5) is 0 Å². The zero-order valence-electron chi connectivity index (χ0n) is 18.2. The Kier molecular flexibility index (Phi) is 5.55. The van der Waals surface area contributed by atoms with Crippen molar-refractivity contribution < 1.29 is 14.7 Å². The van der Waals surface area contributed by atoms with Gasteiger partial charge in [-0.25, -0.2) is 5.48 Å². The van der Waals surface area contributed by atoms with Gasteiger partial charge in [0.05, 0.1) is 18.2 Å². The Balaban J connectivity index is 1.74. The molecule has 4 aromatic carbocycles. The number of ether oxygens (including phenoxy) is 1. The molecule has 5 nitrogen and oxygen atoms in total. The third kappa shape index (κ3) is 3.83. The van der Waals surface area contributed by atoms with Crippen LogP contribution < -0.4 is 10.2 Å². The van der Waals surface area contributed by atoms with Gasteiger partial charge in [-0.1, -0.05) is 66.7 Å². The zero-order chi connectivity index (χ0) is 22.8. The van der Waals surface area contributed by atoms with E-state index in [0.29, 0.717) is 6.61 Å². The van der Waals surface area contributed by atoms with Crippen molar-refractivity contribution >= 4 is 27.6 Å². The summed E-state index contributed by atoms with van der Waals surface area (Å²) in [6.45, 7) is 2.49. The van der Waals surface area contributed by atoms with Crippen molar-refractivity contribution in [1.29, 1.82) is 0 Å². The lowest BCUT2D eigenvalue weighted by Crippen LogP contribution is -2.27. The van der Waals surface area contributed by atoms with Crippen molar-refractivity contribution in [3.8, 4) is 17.0 Å². The number of aromatic amines is 1. The second kappa shape index (κ2) is 8.81. The van der Waals surface area contributed by atoms with Gasteiger partial charge in [0.2, 0.25) is 0 Å². The first-order valence-corrected chi connectivity index (χ1v) is 11.0. The van der Waals surface area contributed by atoms with Crippen molar-refractivity contribution in [2.75, 3.05) is 6.61 Å². The smallest absolute Gasteiger partial charge is 0.255 e. The number of benzene rings is 4. The second-order valence-corrected chi connectivity index (χ2v) is 7.93. The predicted molar refractivity (Wildman–Crippen MR) is 131 cm³/mol. The summed E-state index contributed by atoms with van der Waals surface area (Å²) >= 11 is 0. The molecule has 1 heterocycles. The van der Waals surface area contributed by atoms with Gasteiger partial charge in [0.15, 0.2) is 0 Å². The molecule has 1 amide bonds. The summed E-state index contributed by atoms with van der Waals surface area (Å²) in [5.74, 6) is -0.479. The number of aromatic nitrogens is 1. The molecular formula is C28H24N2O3. The zero-order valence-corrected chi connectivity index (χ0v) is 18.2. The molecular weight excluding hydrogens is 412 g/mol. The first kappa shape index (κ1) is 20.8. The van der Waals surface area contributed by atoms with Crippen LogP contribution in [0.25, 0.3) is 32.9 Å². The number of fused-ring (bicyclic) bond motifs is 2. The van der Waals surface area contributed by atoms with E-state index in [2.05, 4.69) is 35.3 Å². The van der Waals surface area contributed by atoms with Crippen molar-refractivity contribution in [1.82, 2.24) is 10.5 Å². The van der Waals surface area contributed by atoms with E-state index in [4.69, 9.17) is 4.74 Å². The summed E-state index contributed by atoms with van der Waals surface area (Å²) in [6.07, 6.45) is 0. The summed E-state index contributed by atoms with van der Waals surface area (Å²) in [4.78, 5) is 16.6. The molecule has 3 N–H and O–H groups in total. The number of carbonyl (C=O) groups is 1. The third-order valence-electron chi connectivity index (χ3n) is 5.97. The van der Waals surface area contributed by atoms with Gasteiger partial charge in [-0.3, -0.25) is 10.0 Å². The molecule has 1 aromatic heterocycles. The van der Waals surface area contributed by atoms with Gasteiger partial charge >= 0.3 is 0 Å². The van der Waals surface area contributed by atoms with Gasteiger partial charge in [0, 0.05) is 16.5 Å². The molecule has 0 saturated heterocycles. The Bertz CT molecular complexity index is 1440. The van der Waals surface area contributed by atoms with Gasteiger partial charge in [-0.15, -0.1) is 0 Å². The fourth-order valence-electron chi connectivity index (χ4n) is 4.47. The van der Waals surface area contributed by atoms with Gasteiger partial charge in [-0.2, -0.15) is 0 Å². The molecule has 0 aliphatic carbocycles. The summed E-state index contributed by atoms with van der Waals surface area (Å²) < 4.78 is 5.57. The monoisotopic (exact) mass is 436 g/mol. The molecule has 5 heteroatoms. The van der Waals surface area contributed by atoms with Crippen LogP contribution in [0.2, 0.25) is 0 Å². The van der Waals surface area contributed by atoms with E-state index < -0.39 is 11.8 Å². The highest BCUT2D eigenvalue weighted by molar-refractivity contribution is 6.00. The van der Waals surface area contributed by atoms with E-state index >= 15 is 0 Å². The molecule has 1 atom stereocenters. The highest BCUT2D eigenvalue weighted by Gasteiger charge is 2.29. The van der Waals surface area contributed by atoms with Crippen LogP contribution >= 0.6 is 0 Å². The van der Waals surface area contributed by atoms with Crippen LogP contribution in [0.3, 0.4) is 0 Å². The lowest BCUT2D eigenvalue weighted by atomic mass is 9.86. The van der Waals surface area contributed by atoms with E-state index in [1.807, 2.05) is 73.1 Å². The second-order valence-electron chi connectivity index (χ2n) is 7.93. The number of amides is 1. The SMILES string of the molecule is CCOc1ccc(C(C(=O)NO)c2c(-c3ccc4ccccc4c3)[nH]c3ccccc23)cc1. The number of hydrogen-bond acceptors (Lipinski definition) is 3. The molecule has 0 bridgehead atoms. The number of H-pyrrole nitrogens is 1. The van der Waals surface area contributed by atoms with Crippen molar-refractivity contribution in [2.45, 2.75) is 12.8 Å². The quantitative estimate of drug-likeness (QED) is 0.225. The average molecular weight is 437 g/mol. The predicted octanol–water partition coefficient (Wildman–Crippen LogP) is 6.02. The van der Waals surface area contributed by atoms with Gasteiger partial charge in [0.25, 0.3) is 5.91 Å². The van der Waals surface area contributed by atoms with Crippen LogP contribution in [0.5, 0.6) is 5.75 Å². The highest BCUT2D eigenvalue weighted by Crippen LogP contribution is 2.40. The first-order valence-electron chi connectivity index (χ1n) is 11.0. The molecule has 0 aliphatic rings. The van der Waals surface area contributed by atoms with Gasteiger partial charge in [-0.05, 0) is 53.1 Å². The maximum absolute atomic E-state index is 13.1. The van der Waals surface area contributed by atoms with Crippen molar-refractivity contribution in [3.05, 3.63) is 102 Å². The van der Waals surface area contributed by atoms with Crippen LogP contribution in [-0.4, -0.2) is 22.7 Å².